The van der Waals surface area contributed by atoms with Gasteiger partial charge >= 0.3 is 6.09 Å². The van der Waals surface area contributed by atoms with Crippen LogP contribution in [0.2, 0.25) is 0 Å². The van der Waals surface area contributed by atoms with Crippen LogP contribution in [-0.4, -0.2) is 40.6 Å². The Balaban J connectivity index is 1.36. The Kier molecular flexibility index (Phi) is 8.72. The van der Waals surface area contributed by atoms with Crippen molar-refractivity contribution in [1.82, 2.24) is 14.9 Å². The normalized spacial score (nSPS) is 12.6. The summed E-state index contributed by atoms with van der Waals surface area (Å²) in [5.74, 6) is 0.296. The number of para-hydroxylation sites is 1. The van der Waals surface area contributed by atoms with Gasteiger partial charge in [0.1, 0.15) is 6.07 Å². The van der Waals surface area contributed by atoms with Gasteiger partial charge in [0.05, 0.1) is 5.52 Å². The van der Waals surface area contributed by atoms with Crippen molar-refractivity contribution in [3.8, 4) is 11.8 Å². The van der Waals surface area contributed by atoms with E-state index in [1.54, 1.807) is 11.1 Å². The van der Waals surface area contributed by atoms with Gasteiger partial charge in [-0.05, 0) is 82.1 Å². The van der Waals surface area contributed by atoms with Crippen molar-refractivity contribution in [2.24, 2.45) is 0 Å². The number of carbonyl (C=O) groups excluding carboxylic acids is 1. The molecule has 2 aromatic heterocycles. The van der Waals surface area contributed by atoms with Gasteiger partial charge in [-0.1, -0.05) is 24.6 Å². The topological polar surface area (TPSA) is 91.1 Å². The van der Waals surface area contributed by atoms with E-state index in [-0.39, 0.29) is 5.69 Å². The quantitative estimate of drug-likeness (QED) is 0.352. The zero-order valence-corrected chi connectivity index (χ0v) is 21.3. The minimum atomic E-state index is -0.442. The van der Waals surface area contributed by atoms with E-state index in [0.717, 1.165) is 56.1 Å². The van der Waals surface area contributed by atoms with Crippen LogP contribution < -0.4 is 10.1 Å². The molecule has 4 rings (SSSR count). The summed E-state index contributed by atoms with van der Waals surface area (Å²) in [6.07, 6.45) is 9.46. The number of carbonyl (C=O) groups is 1. The minimum absolute atomic E-state index is 0.156. The molecule has 0 bridgehead atoms. The molecule has 0 spiro atoms. The van der Waals surface area contributed by atoms with Crippen LogP contribution in [0.5, 0.6) is 5.75 Å². The number of amides is 1. The van der Waals surface area contributed by atoms with E-state index in [1.807, 2.05) is 19.9 Å². The average molecular weight is 486 g/mol. The SMILES string of the molecule is CCN(CC)C(=O)Oc1c(CCCCCNc2c3c(nc4ccccc24)CCCC3)ccnc1C#N. The van der Waals surface area contributed by atoms with Crippen molar-refractivity contribution in [2.45, 2.75) is 65.2 Å². The molecule has 188 valence electrons. The highest BCUT2D eigenvalue weighted by molar-refractivity contribution is 5.93. The maximum Gasteiger partial charge on any atom is 0.415 e. The van der Waals surface area contributed by atoms with Gasteiger partial charge in [0.25, 0.3) is 0 Å². The van der Waals surface area contributed by atoms with Gasteiger partial charge < -0.3 is 15.0 Å². The summed E-state index contributed by atoms with van der Waals surface area (Å²) in [5, 5.41) is 14.4. The van der Waals surface area contributed by atoms with Crippen LogP contribution in [0.4, 0.5) is 10.5 Å². The smallest absolute Gasteiger partial charge is 0.407 e. The van der Waals surface area contributed by atoms with Gasteiger partial charge in [-0.2, -0.15) is 5.26 Å². The summed E-state index contributed by atoms with van der Waals surface area (Å²) in [7, 11) is 0. The highest BCUT2D eigenvalue weighted by atomic mass is 16.6. The number of benzene rings is 1. The van der Waals surface area contributed by atoms with Gasteiger partial charge in [-0.3, -0.25) is 4.98 Å². The van der Waals surface area contributed by atoms with Crippen LogP contribution in [0.15, 0.2) is 36.5 Å². The number of hydrogen-bond acceptors (Lipinski definition) is 6. The molecule has 7 heteroatoms. The molecular formula is C29H35N5O2. The van der Waals surface area contributed by atoms with Crippen molar-refractivity contribution in [2.75, 3.05) is 25.0 Å². The number of unbranched alkanes of at least 4 members (excludes halogenated alkanes) is 2. The first-order valence-electron chi connectivity index (χ1n) is 13.1. The van der Waals surface area contributed by atoms with Crippen LogP contribution >= 0.6 is 0 Å². The fraction of sp³-hybridized carbons (Fsp3) is 0.448. The van der Waals surface area contributed by atoms with Gasteiger partial charge in [-0.15, -0.1) is 0 Å². The molecule has 1 N–H and O–H groups in total. The van der Waals surface area contributed by atoms with Gasteiger partial charge in [0.2, 0.25) is 0 Å². The predicted molar refractivity (Wildman–Crippen MR) is 142 cm³/mol. The Hall–Kier alpha value is -3.66. The summed E-state index contributed by atoms with van der Waals surface area (Å²) < 4.78 is 5.62. The van der Waals surface area contributed by atoms with E-state index >= 15 is 0 Å². The minimum Gasteiger partial charge on any atom is -0.407 e. The summed E-state index contributed by atoms with van der Waals surface area (Å²) in [4.78, 5) is 23.1. The summed E-state index contributed by atoms with van der Waals surface area (Å²) in [6.45, 7) is 5.80. The molecule has 1 aromatic carbocycles. The molecule has 0 saturated heterocycles. The highest BCUT2D eigenvalue weighted by Gasteiger charge is 2.19. The van der Waals surface area contributed by atoms with Gasteiger partial charge in [-0.25, -0.2) is 9.78 Å². The Labute approximate surface area is 213 Å². The zero-order chi connectivity index (χ0) is 25.3. The third-order valence-corrected chi connectivity index (χ3v) is 6.90. The van der Waals surface area contributed by atoms with Crippen LogP contribution in [0.25, 0.3) is 10.9 Å². The highest BCUT2D eigenvalue weighted by Crippen LogP contribution is 2.33. The van der Waals surface area contributed by atoms with Crippen molar-refractivity contribution in [1.29, 1.82) is 5.26 Å². The molecule has 3 aromatic rings. The molecule has 36 heavy (non-hydrogen) atoms. The average Bonchev–Trinajstić information content (AvgIpc) is 2.91. The molecule has 0 aliphatic heterocycles. The third kappa shape index (κ3) is 5.76. The van der Waals surface area contributed by atoms with Crippen molar-refractivity contribution >= 4 is 22.7 Å². The molecule has 0 fully saturated rings. The lowest BCUT2D eigenvalue weighted by Gasteiger charge is -2.21. The Morgan fingerprint density at radius 2 is 1.92 bits per heavy atom. The van der Waals surface area contributed by atoms with Crippen LogP contribution in [0.3, 0.4) is 0 Å². The molecule has 2 heterocycles. The Morgan fingerprint density at radius 1 is 1.11 bits per heavy atom. The lowest BCUT2D eigenvalue weighted by Crippen LogP contribution is -2.33. The molecule has 0 unspecified atom stereocenters. The maximum atomic E-state index is 12.5. The fourth-order valence-corrected chi connectivity index (χ4v) is 4.92. The van der Waals surface area contributed by atoms with E-state index in [0.29, 0.717) is 18.8 Å². The first kappa shape index (κ1) is 25.4. The van der Waals surface area contributed by atoms with Gasteiger partial charge in [0, 0.05) is 42.6 Å². The standard InChI is InChI=1S/C29H35N5O2/c1-3-34(4-2)29(35)36-28-21(17-19-31-26(28)20-30)12-6-5-11-18-32-27-22-13-7-9-15-24(22)33-25-16-10-8-14-23(25)27/h7,9,13,15,17,19H,3-6,8,10-12,14,16,18H2,1-2H3,(H,32,33). The lowest BCUT2D eigenvalue weighted by atomic mass is 9.92. The molecule has 7 nitrogen and oxygen atoms in total. The zero-order valence-electron chi connectivity index (χ0n) is 21.3. The second kappa shape index (κ2) is 12.3. The number of rotatable bonds is 10. The number of fused-ring (bicyclic) bond motifs is 2. The molecule has 0 saturated carbocycles. The van der Waals surface area contributed by atoms with Gasteiger partial charge in [0.15, 0.2) is 11.4 Å². The number of nitriles is 1. The van der Waals surface area contributed by atoms with E-state index in [1.165, 1.54) is 35.2 Å². The number of ether oxygens (including phenoxy) is 1. The van der Waals surface area contributed by atoms with E-state index in [4.69, 9.17) is 9.72 Å². The second-order valence-corrected chi connectivity index (χ2v) is 9.17. The number of nitrogens with one attached hydrogen (secondary N) is 1. The second-order valence-electron chi connectivity index (χ2n) is 9.17. The Morgan fingerprint density at radius 3 is 2.72 bits per heavy atom. The first-order valence-corrected chi connectivity index (χ1v) is 13.1. The first-order chi connectivity index (χ1) is 17.7. The van der Waals surface area contributed by atoms with Crippen LogP contribution in [0, 0.1) is 11.3 Å². The number of pyridine rings is 2. The van der Waals surface area contributed by atoms with Crippen molar-refractivity contribution in [3.05, 3.63) is 59.0 Å². The fourth-order valence-electron chi connectivity index (χ4n) is 4.92. The van der Waals surface area contributed by atoms with Crippen LogP contribution in [-0.2, 0) is 19.3 Å². The lowest BCUT2D eigenvalue weighted by molar-refractivity contribution is 0.156. The Bertz CT molecular complexity index is 1250. The number of aromatic nitrogens is 2. The van der Waals surface area contributed by atoms with E-state index < -0.39 is 6.09 Å². The molecular weight excluding hydrogens is 450 g/mol. The maximum absolute atomic E-state index is 12.5. The molecule has 1 aliphatic rings. The monoisotopic (exact) mass is 485 g/mol. The number of hydrogen-bond donors (Lipinski definition) is 1. The molecule has 1 amide bonds. The van der Waals surface area contributed by atoms with Crippen molar-refractivity contribution < 1.29 is 9.53 Å². The van der Waals surface area contributed by atoms with E-state index in [9.17, 15) is 10.1 Å². The third-order valence-electron chi connectivity index (χ3n) is 6.90. The summed E-state index contributed by atoms with van der Waals surface area (Å²) in [5.41, 5.74) is 5.97. The number of aryl methyl sites for hydroxylation is 2. The number of anilines is 1. The summed E-state index contributed by atoms with van der Waals surface area (Å²) in [6, 6.07) is 12.3. The molecule has 0 atom stereocenters. The largest absolute Gasteiger partial charge is 0.415 e. The van der Waals surface area contributed by atoms with Crippen molar-refractivity contribution in [3.63, 3.8) is 0 Å². The summed E-state index contributed by atoms with van der Waals surface area (Å²) >= 11 is 0. The molecule has 0 radical (unpaired) electrons. The molecule has 1 aliphatic carbocycles. The van der Waals surface area contributed by atoms with Crippen LogP contribution in [0.1, 0.15) is 68.5 Å². The van der Waals surface area contributed by atoms with E-state index in [2.05, 4.69) is 40.6 Å². The number of nitrogens with zero attached hydrogens (tertiary/aromatic N) is 4. The predicted octanol–water partition coefficient (Wildman–Crippen LogP) is 6.05.